The van der Waals surface area contributed by atoms with Gasteiger partial charge in [-0.1, -0.05) is 109 Å². The molecule has 2 aromatic rings. The van der Waals surface area contributed by atoms with E-state index in [0.717, 1.165) is 16.7 Å². The van der Waals surface area contributed by atoms with E-state index in [4.69, 9.17) is 0 Å². The number of carbonyl (C=O) groups is 3. The average molecular weight is 674 g/mol. The van der Waals surface area contributed by atoms with Gasteiger partial charge in [-0.3, -0.25) is 17.7 Å². The molecule has 0 aromatic heterocycles. The molecule has 0 spiro atoms. The number of carbonyl (C=O) groups excluding carboxylic acids is 2. The van der Waals surface area contributed by atoms with Crippen LogP contribution in [0.5, 0.6) is 0 Å². The normalized spacial score (nSPS) is 15.0. The van der Waals surface area contributed by atoms with Crippen molar-refractivity contribution in [2.24, 2.45) is 22.2 Å². The molecule has 41 heavy (non-hydrogen) atoms. The SMILES string of the molecule is CN=C[C@H](C(=O)N[C@H](C(=O)N(I)[C@H](/C=C(\C)C(=O)O)C(C)C)C(C)(C)C)C(C)(C)c1cccc(-c2ccccc2)c1. The quantitative estimate of drug-likeness (QED) is 0.120. The molecule has 0 unspecified atom stereocenters. The van der Waals surface area contributed by atoms with Crippen molar-refractivity contribution in [3.05, 3.63) is 71.8 Å². The molecule has 3 atom stereocenters. The number of aliphatic carboxylic acids is 1. The van der Waals surface area contributed by atoms with E-state index in [1.807, 2.05) is 108 Å². The summed E-state index contributed by atoms with van der Waals surface area (Å²) in [7, 11) is 1.64. The van der Waals surface area contributed by atoms with E-state index < -0.39 is 34.8 Å². The van der Waals surface area contributed by atoms with Crippen molar-refractivity contribution in [3.8, 4) is 11.1 Å². The number of hydrogen-bond acceptors (Lipinski definition) is 4. The third-order valence-electron chi connectivity index (χ3n) is 7.38. The van der Waals surface area contributed by atoms with Gasteiger partial charge in [-0.25, -0.2) is 4.79 Å². The lowest BCUT2D eigenvalue weighted by molar-refractivity contribution is -0.136. The molecule has 0 saturated carbocycles. The molecule has 2 aromatic carbocycles. The van der Waals surface area contributed by atoms with Crippen LogP contribution in [0.3, 0.4) is 0 Å². The van der Waals surface area contributed by atoms with E-state index in [-0.39, 0.29) is 23.3 Å². The Labute approximate surface area is 259 Å². The lowest BCUT2D eigenvalue weighted by Crippen LogP contribution is -2.57. The Hall–Kier alpha value is -3.01. The fourth-order valence-electron chi connectivity index (χ4n) is 4.64. The van der Waals surface area contributed by atoms with Crippen LogP contribution < -0.4 is 5.32 Å². The number of amides is 2. The van der Waals surface area contributed by atoms with Crippen LogP contribution in [0.4, 0.5) is 0 Å². The largest absolute Gasteiger partial charge is 0.478 e. The first kappa shape index (κ1) is 34.2. The Morgan fingerprint density at radius 3 is 2.07 bits per heavy atom. The van der Waals surface area contributed by atoms with Crippen LogP contribution in [0.25, 0.3) is 11.1 Å². The van der Waals surface area contributed by atoms with Crippen LogP contribution in [0.15, 0.2) is 71.2 Å². The predicted octanol–water partition coefficient (Wildman–Crippen LogP) is 6.71. The zero-order chi connectivity index (χ0) is 31.1. The topological polar surface area (TPSA) is 99.1 Å². The van der Waals surface area contributed by atoms with Gasteiger partial charge in [0.25, 0.3) is 5.91 Å². The summed E-state index contributed by atoms with van der Waals surface area (Å²) >= 11 is 1.94. The fraction of sp³-hybridized carbons (Fsp3) is 0.455. The maximum Gasteiger partial charge on any atom is 0.331 e. The standard InChI is InChI=1S/C33H44IN3O4/c1-21(2)27(18-22(3)31(40)41)37(34)30(39)28(32(4,5)6)36-29(38)26(20-35-9)33(7,8)25-17-13-16-24(19-25)23-14-11-10-12-15-23/h10-21,26-28H,1-9H3,(H,36,38)(H,40,41)/b22-18+,35-20?/t26-,27-,28-/m1/s1. The van der Waals surface area contributed by atoms with E-state index in [1.165, 1.54) is 10.0 Å². The Balaban J connectivity index is 2.45. The molecule has 2 rings (SSSR count). The van der Waals surface area contributed by atoms with Crippen molar-refractivity contribution in [3.63, 3.8) is 0 Å². The molecule has 2 amide bonds. The first-order valence-corrected chi connectivity index (χ1v) is 14.8. The number of benzene rings is 2. The van der Waals surface area contributed by atoms with E-state index in [9.17, 15) is 19.5 Å². The summed E-state index contributed by atoms with van der Waals surface area (Å²) in [5.74, 6) is -2.34. The third-order valence-corrected chi connectivity index (χ3v) is 8.50. The number of carboxylic acids is 1. The van der Waals surface area contributed by atoms with Gasteiger partial charge in [0.2, 0.25) is 5.91 Å². The van der Waals surface area contributed by atoms with Crippen LogP contribution >= 0.6 is 22.9 Å². The second-order valence-corrected chi connectivity index (χ2v) is 13.4. The fourth-order valence-corrected chi connectivity index (χ4v) is 5.72. The van der Waals surface area contributed by atoms with Crippen molar-refractivity contribution in [1.29, 1.82) is 0 Å². The highest BCUT2D eigenvalue weighted by atomic mass is 127. The molecule has 0 aliphatic rings. The molecule has 0 aliphatic carbocycles. The van der Waals surface area contributed by atoms with E-state index in [2.05, 4.69) is 28.5 Å². The summed E-state index contributed by atoms with van der Waals surface area (Å²) in [6, 6.07) is 16.9. The van der Waals surface area contributed by atoms with Crippen LogP contribution in [0.1, 0.15) is 61.0 Å². The molecule has 0 aliphatic heterocycles. The summed E-state index contributed by atoms with van der Waals surface area (Å²) in [6.45, 7) is 15.1. The zero-order valence-corrected chi connectivity index (χ0v) is 27.8. The molecular weight excluding hydrogens is 629 g/mol. The molecule has 7 nitrogen and oxygen atoms in total. The van der Waals surface area contributed by atoms with E-state index in [0.29, 0.717) is 0 Å². The number of nitrogens with zero attached hydrogens (tertiary/aromatic N) is 2. The molecule has 0 heterocycles. The van der Waals surface area contributed by atoms with Crippen molar-refractivity contribution in [2.45, 2.75) is 72.9 Å². The third kappa shape index (κ3) is 8.74. The van der Waals surface area contributed by atoms with Crippen LogP contribution in [-0.4, -0.2) is 51.3 Å². The Bertz CT molecular complexity index is 1280. The maximum atomic E-state index is 14.0. The van der Waals surface area contributed by atoms with Crippen LogP contribution in [0.2, 0.25) is 0 Å². The summed E-state index contributed by atoms with van der Waals surface area (Å²) in [5.41, 5.74) is 2.01. The summed E-state index contributed by atoms with van der Waals surface area (Å²) < 4.78 is 1.52. The number of carboxylic acid groups (broad SMARTS) is 1. The highest BCUT2D eigenvalue weighted by molar-refractivity contribution is 14.1. The summed E-state index contributed by atoms with van der Waals surface area (Å²) in [6.07, 6.45) is 3.24. The van der Waals surface area contributed by atoms with Gasteiger partial charge < -0.3 is 10.4 Å². The first-order chi connectivity index (χ1) is 19.0. The molecule has 0 fully saturated rings. The van der Waals surface area contributed by atoms with Gasteiger partial charge in [-0.15, -0.1) is 0 Å². The van der Waals surface area contributed by atoms with E-state index in [1.54, 1.807) is 19.3 Å². The highest BCUT2D eigenvalue weighted by Crippen LogP contribution is 2.35. The highest BCUT2D eigenvalue weighted by Gasteiger charge is 2.42. The lowest BCUT2D eigenvalue weighted by atomic mass is 9.72. The molecule has 0 saturated heterocycles. The number of aliphatic imine (C=N–C) groups is 1. The average Bonchev–Trinajstić information content (AvgIpc) is 2.91. The summed E-state index contributed by atoms with van der Waals surface area (Å²) in [4.78, 5) is 43.6. The second kappa shape index (κ2) is 14.2. The van der Waals surface area contributed by atoms with Crippen molar-refractivity contribution in [1.82, 2.24) is 8.43 Å². The van der Waals surface area contributed by atoms with Gasteiger partial charge in [-0.2, -0.15) is 0 Å². The van der Waals surface area contributed by atoms with Gasteiger partial charge >= 0.3 is 5.97 Å². The number of halogens is 1. The lowest BCUT2D eigenvalue weighted by Gasteiger charge is -2.38. The Kier molecular flexibility index (Phi) is 11.9. The van der Waals surface area contributed by atoms with Gasteiger partial charge in [-0.05, 0) is 34.9 Å². The zero-order valence-electron chi connectivity index (χ0n) is 25.6. The first-order valence-electron chi connectivity index (χ1n) is 13.8. The maximum absolute atomic E-state index is 14.0. The molecule has 8 heteroatoms. The minimum Gasteiger partial charge on any atom is -0.478 e. The Morgan fingerprint density at radius 1 is 0.976 bits per heavy atom. The smallest absolute Gasteiger partial charge is 0.331 e. The molecular formula is C33H44IN3O4. The number of hydrogen-bond donors (Lipinski definition) is 2. The monoisotopic (exact) mass is 673 g/mol. The molecule has 0 radical (unpaired) electrons. The van der Waals surface area contributed by atoms with Crippen LogP contribution in [-0.2, 0) is 19.8 Å². The minimum absolute atomic E-state index is 0.0442. The minimum atomic E-state index is -1.03. The van der Waals surface area contributed by atoms with Gasteiger partial charge in [0.15, 0.2) is 0 Å². The Morgan fingerprint density at radius 2 is 1.56 bits per heavy atom. The van der Waals surface area contributed by atoms with Gasteiger partial charge in [0.05, 0.1) is 34.8 Å². The molecule has 0 bridgehead atoms. The molecule has 2 N–H and O–H groups in total. The van der Waals surface area contributed by atoms with E-state index >= 15 is 0 Å². The van der Waals surface area contributed by atoms with Gasteiger partial charge in [0, 0.05) is 24.3 Å². The van der Waals surface area contributed by atoms with Crippen LogP contribution in [0, 0.1) is 17.3 Å². The predicted molar refractivity (Wildman–Crippen MR) is 175 cm³/mol. The number of rotatable bonds is 11. The van der Waals surface area contributed by atoms with Gasteiger partial charge in [0.1, 0.15) is 6.04 Å². The van der Waals surface area contributed by atoms with Crippen molar-refractivity contribution in [2.75, 3.05) is 7.05 Å². The molecule has 222 valence electrons. The number of nitrogens with one attached hydrogen (secondary N) is 1. The second-order valence-electron chi connectivity index (χ2n) is 12.4. The van der Waals surface area contributed by atoms with Crippen molar-refractivity contribution >= 4 is 46.9 Å². The summed E-state index contributed by atoms with van der Waals surface area (Å²) in [5, 5.41) is 12.5. The van der Waals surface area contributed by atoms with Crippen molar-refractivity contribution < 1.29 is 19.5 Å².